The zero-order chi connectivity index (χ0) is 13.2. The summed E-state index contributed by atoms with van der Waals surface area (Å²) in [5, 5.41) is 7.64. The van der Waals surface area contributed by atoms with Crippen molar-refractivity contribution in [2.24, 2.45) is 0 Å². The summed E-state index contributed by atoms with van der Waals surface area (Å²) in [5.41, 5.74) is 1.36. The van der Waals surface area contributed by atoms with E-state index in [1.54, 1.807) is 0 Å². The summed E-state index contributed by atoms with van der Waals surface area (Å²) in [6.45, 7) is 3.63. The lowest BCUT2D eigenvalue weighted by Gasteiger charge is -2.23. The Kier molecular flexibility index (Phi) is 3.53. The van der Waals surface area contributed by atoms with Gasteiger partial charge in [0.2, 0.25) is 5.91 Å². The third kappa shape index (κ3) is 2.38. The third-order valence-corrected chi connectivity index (χ3v) is 4.78. The lowest BCUT2D eigenvalue weighted by atomic mass is 9.98. The molecule has 0 spiro atoms. The van der Waals surface area contributed by atoms with E-state index in [-0.39, 0.29) is 11.9 Å². The lowest BCUT2D eigenvalue weighted by Crippen LogP contribution is -2.47. The molecule has 0 radical (unpaired) electrons. The Bertz CT molecular complexity index is 605. The second-order valence-corrected chi connectivity index (χ2v) is 6.07. The molecule has 0 fully saturated rings. The SMILES string of the molecule is CCCNC(=O)[C@H]1Cc2c(sc3ccccc23)CN1. The lowest BCUT2D eigenvalue weighted by molar-refractivity contribution is -0.123. The normalized spacial score (nSPS) is 18.3. The highest BCUT2D eigenvalue weighted by Crippen LogP contribution is 2.34. The number of benzene rings is 1. The van der Waals surface area contributed by atoms with Gasteiger partial charge in [0.25, 0.3) is 0 Å². The van der Waals surface area contributed by atoms with E-state index in [0.717, 1.165) is 25.9 Å². The summed E-state index contributed by atoms with van der Waals surface area (Å²) in [6, 6.07) is 8.38. The molecule has 1 aliphatic rings. The first-order valence-corrected chi connectivity index (χ1v) is 7.61. The van der Waals surface area contributed by atoms with Crippen LogP contribution >= 0.6 is 11.3 Å². The van der Waals surface area contributed by atoms with Gasteiger partial charge in [-0.1, -0.05) is 25.1 Å². The van der Waals surface area contributed by atoms with E-state index >= 15 is 0 Å². The summed E-state index contributed by atoms with van der Waals surface area (Å²) in [5.74, 6) is 0.128. The molecule has 0 unspecified atom stereocenters. The minimum absolute atomic E-state index is 0.0861. The van der Waals surface area contributed by atoms with E-state index in [9.17, 15) is 4.79 Å². The highest BCUT2D eigenvalue weighted by molar-refractivity contribution is 7.19. The van der Waals surface area contributed by atoms with Crippen LogP contribution in [-0.2, 0) is 17.8 Å². The van der Waals surface area contributed by atoms with E-state index in [1.165, 1.54) is 20.5 Å². The van der Waals surface area contributed by atoms with Gasteiger partial charge >= 0.3 is 0 Å². The molecular formula is C15H18N2OS. The smallest absolute Gasteiger partial charge is 0.237 e. The average Bonchev–Trinajstić information content (AvgIpc) is 2.82. The highest BCUT2D eigenvalue weighted by atomic mass is 32.1. The largest absolute Gasteiger partial charge is 0.355 e. The van der Waals surface area contributed by atoms with Crippen LogP contribution in [0.1, 0.15) is 23.8 Å². The topological polar surface area (TPSA) is 41.1 Å². The van der Waals surface area contributed by atoms with Crippen molar-refractivity contribution in [3.63, 3.8) is 0 Å². The van der Waals surface area contributed by atoms with Gasteiger partial charge < -0.3 is 10.6 Å². The van der Waals surface area contributed by atoms with Crippen LogP contribution in [0.25, 0.3) is 10.1 Å². The van der Waals surface area contributed by atoms with Crippen molar-refractivity contribution < 1.29 is 4.79 Å². The number of carbonyl (C=O) groups is 1. The van der Waals surface area contributed by atoms with Crippen LogP contribution in [0.3, 0.4) is 0 Å². The van der Waals surface area contributed by atoms with Crippen molar-refractivity contribution in [2.45, 2.75) is 32.4 Å². The van der Waals surface area contributed by atoms with Crippen molar-refractivity contribution in [3.05, 3.63) is 34.7 Å². The number of hydrogen-bond acceptors (Lipinski definition) is 3. The van der Waals surface area contributed by atoms with Crippen LogP contribution in [0, 0.1) is 0 Å². The molecule has 1 aromatic carbocycles. The number of fused-ring (bicyclic) bond motifs is 3. The van der Waals surface area contributed by atoms with Gasteiger partial charge in [0.1, 0.15) is 0 Å². The first kappa shape index (κ1) is 12.6. The fraction of sp³-hybridized carbons (Fsp3) is 0.400. The van der Waals surface area contributed by atoms with Crippen molar-refractivity contribution >= 4 is 27.3 Å². The number of rotatable bonds is 3. The number of carbonyl (C=O) groups excluding carboxylic acids is 1. The molecule has 2 N–H and O–H groups in total. The van der Waals surface area contributed by atoms with Gasteiger partial charge in [-0.15, -0.1) is 11.3 Å². The number of hydrogen-bond donors (Lipinski definition) is 2. The molecule has 1 aliphatic heterocycles. The molecule has 0 saturated carbocycles. The Morgan fingerprint density at radius 1 is 1.47 bits per heavy atom. The maximum Gasteiger partial charge on any atom is 0.237 e. The van der Waals surface area contributed by atoms with E-state index in [2.05, 4.69) is 41.8 Å². The maximum absolute atomic E-state index is 12.1. The Morgan fingerprint density at radius 2 is 2.32 bits per heavy atom. The fourth-order valence-electron chi connectivity index (χ4n) is 2.57. The third-order valence-electron chi connectivity index (χ3n) is 3.56. The van der Waals surface area contributed by atoms with Gasteiger partial charge in [0.15, 0.2) is 0 Å². The molecular weight excluding hydrogens is 256 g/mol. The van der Waals surface area contributed by atoms with Gasteiger partial charge in [-0.2, -0.15) is 0 Å². The molecule has 3 rings (SSSR count). The van der Waals surface area contributed by atoms with Gasteiger partial charge in [0, 0.05) is 22.7 Å². The summed E-state index contributed by atoms with van der Waals surface area (Å²) >= 11 is 1.84. The summed E-state index contributed by atoms with van der Waals surface area (Å²) in [7, 11) is 0. The molecule has 100 valence electrons. The fourth-order valence-corrected chi connectivity index (χ4v) is 3.75. The minimum atomic E-state index is -0.0861. The highest BCUT2D eigenvalue weighted by Gasteiger charge is 2.26. The summed E-state index contributed by atoms with van der Waals surface area (Å²) < 4.78 is 1.32. The van der Waals surface area contributed by atoms with Crippen LogP contribution in [0.5, 0.6) is 0 Å². The van der Waals surface area contributed by atoms with Crippen LogP contribution in [0.4, 0.5) is 0 Å². The van der Waals surface area contributed by atoms with Crippen LogP contribution < -0.4 is 10.6 Å². The first-order chi connectivity index (χ1) is 9.29. The second kappa shape index (κ2) is 5.31. The molecule has 0 saturated heterocycles. The molecule has 19 heavy (non-hydrogen) atoms. The number of amides is 1. The Hall–Kier alpha value is -1.39. The predicted molar refractivity (Wildman–Crippen MR) is 79.5 cm³/mol. The summed E-state index contributed by atoms with van der Waals surface area (Å²) in [6.07, 6.45) is 1.78. The maximum atomic E-state index is 12.1. The van der Waals surface area contributed by atoms with E-state index in [0.29, 0.717) is 0 Å². The molecule has 2 aromatic rings. The second-order valence-electron chi connectivity index (χ2n) is 4.93. The monoisotopic (exact) mass is 274 g/mol. The van der Waals surface area contributed by atoms with Crippen molar-refractivity contribution in [3.8, 4) is 0 Å². The van der Waals surface area contributed by atoms with Crippen molar-refractivity contribution in [1.82, 2.24) is 10.6 Å². The van der Waals surface area contributed by atoms with E-state index < -0.39 is 0 Å². The quantitative estimate of drug-likeness (QED) is 0.902. The molecule has 3 nitrogen and oxygen atoms in total. The Morgan fingerprint density at radius 3 is 3.16 bits per heavy atom. The predicted octanol–water partition coefficient (Wildman–Crippen LogP) is 2.44. The van der Waals surface area contributed by atoms with Gasteiger partial charge in [-0.3, -0.25) is 4.79 Å². The zero-order valence-corrected chi connectivity index (χ0v) is 11.8. The first-order valence-electron chi connectivity index (χ1n) is 6.80. The average molecular weight is 274 g/mol. The molecule has 1 aromatic heterocycles. The van der Waals surface area contributed by atoms with Crippen LogP contribution in [0.2, 0.25) is 0 Å². The van der Waals surface area contributed by atoms with Gasteiger partial charge in [-0.25, -0.2) is 0 Å². The Balaban J connectivity index is 1.84. The van der Waals surface area contributed by atoms with Crippen molar-refractivity contribution in [2.75, 3.05) is 6.54 Å². The molecule has 2 heterocycles. The van der Waals surface area contributed by atoms with E-state index in [1.807, 2.05) is 11.3 Å². The standard InChI is InChI=1S/C15H18N2OS/c1-2-7-16-15(18)12-8-11-10-5-3-4-6-13(10)19-14(11)9-17-12/h3-6,12,17H,2,7-9H2,1H3,(H,16,18)/t12-/m1/s1. The zero-order valence-electron chi connectivity index (χ0n) is 11.0. The molecule has 4 heteroatoms. The Labute approximate surface area is 117 Å². The van der Waals surface area contributed by atoms with Crippen molar-refractivity contribution in [1.29, 1.82) is 0 Å². The van der Waals surface area contributed by atoms with E-state index in [4.69, 9.17) is 0 Å². The molecule has 1 atom stereocenters. The minimum Gasteiger partial charge on any atom is -0.355 e. The van der Waals surface area contributed by atoms with Crippen LogP contribution in [0.15, 0.2) is 24.3 Å². The van der Waals surface area contributed by atoms with Crippen LogP contribution in [-0.4, -0.2) is 18.5 Å². The van der Waals surface area contributed by atoms with Gasteiger partial charge in [-0.05, 0) is 29.9 Å². The van der Waals surface area contributed by atoms with Gasteiger partial charge in [0.05, 0.1) is 6.04 Å². The number of thiophene rings is 1. The molecule has 0 bridgehead atoms. The molecule has 0 aliphatic carbocycles. The molecule has 1 amide bonds. The number of nitrogens with one attached hydrogen (secondary N) is 2. The summed E-state index contributed by atoms with van der Waals surface area (Å²) in [4.78, 5) is 13.4.